The van der Waals surface area contributed by atoms with Crippen molar-refractivity contribution in [1.82, 2.24) is 9.97 Å². The molecular formula is C8H8F3N3S. The molecule has 0 saturated carbocycles. The van der Waals surface area contributed by atoms with Gasteiger partial charge >= 0.3 is 6.18 Å². The van der Waals surface area contributed by atoms with Crippen LogP contribution in [0.3, 0.4) is 0 Å². The highest BCUT2D eigenvalue weighted by molar-refractivity contribution is 7.80. The van der Waals surface area contributed by atoms with E-state index in [0.29, 0.717) is 5.75 Å². The first-order chi connectivity index (χ1) is 6.95. The summed E-state index contributed by atoms with van der Waals surface area (Å²) in [5.41, 5.74) is 3.94. The van der Waals surface area contributed by atoms with Gasteiger partial charge < -0.3 is 5.73 Å². The number of hydrogen-bond acceptors (Lipinski definition) is 4. The van der Waals surface area contributed by atoms with Gasteiger partial charge in [0.2, 0.25) is 5.95 Å². The summed E-state index contributed by atoms with van der Waals surface area (Å²) in [6.45, 7) is 0. The molecule has 1 aromatic rings. The minimum atomic E-state index is -4.53. The highest BCUT2D eigenvalue weighted by atomic mass is 32.1. The van der Waals surface area contributed by atoms with E-state index in [0.717, 1.165) is 6.20 Å². The van der Waals surface area contributed by atoms with E-state index >= 15 is 0 Å². The molecule has 0 aliphatic heterocycles. The number of thiol groups is 1. The lowest BCUT2D eigenvalue weighted by Crippen LogP contribution is -2.12. The van der Waals surface area contributed by atoms with Crippen molar-refractivity contribution >= 4 is 24.7 Å². The second kappa shape index (κ2) is 4.52. The summed E-state index contributed by atoms with van der Waals surface area (Å²) in [7, 11) is 0. The molecule has 1 rings (SSSR count). The van der Waals surface area contributed by atoms with E-state index in [2.05, 4.69) is 22.6 Å². The second-order valence-electron chi connectivity index (χ2n) is 2.61. The van der Waals surface area contributed by atoms with E-state index in [1.54, 1.807) is 0 Å². The van der Waals surface area contributed by atoms with Crippen molar-refractivity contribution in [2.24, 2.45) is 0 Å². The van der Waals surface area contributed by atoms with Crippen molar-refractivity contribution in [2.45, 2.75) is 6.18 Å². The third-order valence-electron chi connectivity index (χ3n) is 1.51. The summed E-state index contributed by atoms with van der Waals surface area (Å²) in [4.78, 5) is 6.66. The Bertz CT molecular complexity index is 376. The third kappa shape index (κ3) is 3.12. The molecule has 1 aromatic heterocycles. The maximum absolute atomic E-state index is 12.5. The molecule has 0 bridgehead atoms. The molecule has 1 heterocycles. The van der Waals surface area contributed by atoms with Crippen molar-refractivity contribution in [1.29, 1.82) is 0 Å². The normalized spacial score (nSPS) is 12.3. The van der Waals surface area contributed by atoms with Gasteiger partial charge in [0, 0.05) is 17.5 Å². The van der Waals surface area contributed by atoms with Crippen molar-refractivity contribution < 1.29 is 13.2 Å². The largest absolute Gasteiger partial charge is 0.434 e. The van der Waals surface area contributed by atoms with Gasteiger partial charge in [-0.25, -0.2) is 9.97 Å². The molecule has 0 saturated heterocycles. The Labute approximate surface area is 89.6 Å². The van der Waals surface area contributed by atoms with Crippen LogP contribution >= 0.6 is 12.6 Å². The predicted molar refractivity (Wildman–Crippen MR) is 54.3 cm³/mol. The zero-order chi connectivity index (χ0) is 11.5. The van der Waals surface area contributed by atoms with Crippen LogP contribution in [0.25, 0.3) is 6.08 Å². The SMILES string of the molecule is Nc1ncc(C=CCS)c(C(F)(F)F)n1. The Morgan fingerprint density at radius 2 is 2.13 bits per heavy atom. The number of alkyl halides is 3. The lowest BCUT2D eigenvalue weighted by Gasteiger charge is -2.08. The topological polar surface area (TPSA) is 51.8 Å². The van der Waals surface area contributed by atoms with Crippen LogP contribution in [0.1, 0.15) is 11.3 Å². The second-order valence-corrected chi connectivity index (χ2v) is 2.98. The van der Waals surface area contributed by atoms with Crippen LogP contribution in [0.4, 0.5) is 19.1 Å². The van der Waals surface area contributed by atoms with Crippen LogP contribution in [0.5, 0.6) is 0 Å². The minimum Gasteiger partial charge on any atom is -0.368 e. The number of anilines is 1. The molecule has 0 fully saturated rings. The van der Waals surface area contributed by atoms with Crippen molar-refractivity contribution in [3.05, 3.63) is 23.5 Å². The lowest BCUT2D eigenvalue weighted by molar-refractivity contribution is -0.141. The smallest absolute Gasteiger partial charge is 0.368 e. The summed E-state index contributed by atoms with van der Waals surface area (Å²) in [5, 5.41) is 0. The monoisotopic (exact) mass is 235 g/mol. The first-order valence-corrected chi connectivity index (χ1v) is 4.55. The molecule has 0 amide bonds. The van der Waals surface area contributed by atoms with E-state index < -0.39 is 17.8 Å². The first-order valence-electron chi connectivity index (χ1n) is 3.92. The Kier molecular flexibility index (Phi) is 3.57. The summed E-state index contributed by atoms with van der Waals surface area (Å²) in [6, 6.07) is 0. The van der Waals surface area contributed by atoms with Crippen LogP contribution < -0.4 is 5.73 Å². The molecule has 0 atom stereocenters. The van der Waals surface area contributed by atoms with Gasteiger partial charge in [-0.05, 0) is 0 Å². The average Bonchev–Trinajstić information content (AvgIpc) is 2.14. The summed E-state index contributed by atoms with van der Waals surface area (Å²) >= 11 is 3.84. The zero-order valence-electron chi connectivity index (χ0n) is 7.49. The highest BCUT2D eigenvalue weighted by Gasteiger charge is 2.35. The molecular weight excluding hydrogens is 227 g/mol. The van der Waals surface area contributed by atoms with Gasteiger partial charge in [0.15, 0.2) is 5.69 Å². The molecule has 82 valence electrons. The van der Waals surface area contributed by atoms with Crippen molar-refractivity contribution in [2.75, 3.05) is 11.5 Å². The van der Waals surface area contributed by atoms with E-state index in [1.165, 1.54) is 12.2 Å². The first kappa shape index (κ1) is 11.8. The number of rotatable bonds is 2. The lowest BCUT2D eigenvalue weighted by atomic mass is 10.2. The van der Waals surface area contributed by atoms with Crippen LogP contribution in [0.2, 0.25) is 0 Å². The molecule has 0 radical (unpaired) electrons. The minimum absolute atomic E-state index is 0.120. The van der Waals surface area contributed by atoms with Gasteiger partial charge in [0.05, 0.1) is 0 Å². The van der Waals surface area contributed by atoms with Crippen molar-refractivity contribution in [3.63, 3.8) is 0 Å². The number of nitrogen functional groups attached to an aromatic ring is 1. The van der Waals surface area contributed by atoms with Gasteiger partial charge in [-0.3, -0.25) is 0 Å². The van der Waals surface area contributed by atoms with Crippen molar-refractivity contribution in [3.8, 4) is 0 Å². The van der Waals surface area contributed by atoms with Crippen LogP contribution in [-0.2, 0) is 6.18 Å². The molecule has 0 spiro atoms. The highest BCUT2D eigenvalue weighted by Crippen LogP contribution is 2.30. The number of halogens is 3. The molecule has 0 unspecified atom stereocenters. The van der Waals surface area contributed by atoms with E-state index in [9.17, 15) is 13.2 Å². The van der Waals surface area contributed by atoms with Crippen LogP contribution in [0.15, 0.2) is 12.3 Å². The fourth-order valence-corrected chi connectivity index (χ4v) is 1.04. The Morgan fingerprint density at radius 3 is 2.67 bits per heavy atom. The summed E-state index contributed by atoms with van der Waals surface area (Å²) in [6.07, 6.45) is -0.777. The third-order valence-corrected chi connectivity index (χ3v) is 1.72. The van der Waals surface area contributed by atoms with Gasteiger partial charge in [0.25, 0.3) is 0 Å². The van der Waals surface area contributed by atoms with Gasteiger partial charge in [-0.2, -0.15) is 25.8 Å². The predicted octanol–water partition coefficient (Wildman–Crippen LogP) is 2.02. The average molecular weight is 235 g/mol. The van der Waals surface area contributed by atoms with E-state index in [-0.39, 0.29) is 5.56 Å². The molecule has 3 nitrogen and oxygen atoms in total. The number of nitrogens with zero attached hydrogens (tertiary/aromatic N) is 2. The zero-order valence-corrected chi connectivity index (χ0v) is 8.39. The van der Waals surface area contributed by atoms with E-state index in [1.807, 2.05) is 0 Å². The molecule has 7 heteroatoms. The maximum Gasteiger partial charge on any atom is 0.434 e. The number of hydrogen-bond donors (Lipinski definition) is 2. The standard InChI is InChI=1S/C8H8F3N3S/c9-8(10,11)6-5(2-1-3-15)4-13-7(12)14-6/h1-2,4,15H,3H2,(H2,12,13,14). The Hall–Kier alpha value is -1.24. The van der Waals surface area contributed by atoms with Gasteiger partial charge in [0.1, 0.15) is 0 Å². The maximum atomic E-state index is 12.5. The van der Waals surface area contributed by atoms with Crippen LogP contribution in [0, 0.1) is 0 Å². The fraction of sp³-hybridized carbons (Fsp3) is 0.250. The summed E-state index contributed by atoms with van der Waals surface area (Å²) in [5.74, 6) is -0.0628. The van der Waals surface area contributed by atoms with Crippen LogP contribution in [-0.4, -0.2) is 15.7 Å². The molecule has 0 aromatic carbocycles. The van der Waals surface area contributed by atoms with Gasteiger partial charge in [-0.1, -0.05) is 12.2 Å². The quantitative estimate of drug-likeness (QED) is 0.771. The number of nitrogens with two attached hydrogens (primary N) is 1. The fourth-order valence-electron chi connectivity index (χ4n) is 0.933. The molecule has 0 aliphatic rings. The molecule has 15 heavy (non-hydrogen) atoms. The Morgan fingerprint density at radius 1 is 1.47 bits per heavy atom. The van der Waals surface area contributed by atoms with E-state index in [4.69, 9.17) is 5.73 Å². The summed E-state index contributed by atoms with van der Waals surface area (Å²) < 4.78 is 37.4. The Balaban J connectivity index is 3.21. The molecule has 2 N–H and O–H groups in total. The molecule has 0 aliphatic carbocycles. The van der Waals surface area contributed by atoms with Gasteiger partial charge in [-0.15, -0.1) is 0 Å². The number of aromatic nitrogens is 2.